The number of piperidine rings is 1. The van der Waals surface area contributed by atoms with Crippen LogP contribution < -0.4 is 5.32 Å². The van der Waals surface area contributed by atoms with Gasteiger partial charge in [0.1, 0.15) is 0 Å². The van der Waals surface area contributed by atoms with E-state index >= 15 is 0 Å². The number of carbonyl (C=O) groups excluding carboxylic acids is 1. The van der Waals surface area contributed by atoms with E-state index in [0.717, 1.165) is 34.7 Å². The number of aromatic nitrogens is 2. The van der Waals surface area contributed by atoms with Crippen LogP contribution in [0.5, 0.6) is 0 Å². The van der Waals surface area contributed by atoms with Crippen LogP contribution in [0.15, 0.2) is 28.6 Å². The normalized spacial score (nSPS) is 17.8. The Morgan fingerprint density at radius 1 is 1.38 bits per heavy atom. The van der Waals surface area contributed by atoms with Crippen molar-refractivity contribution in [3.63, 3.8) is 0 Å². The number of hydrogen-bond donors (Lipinski definition) is 1. The van der Waals surface area contributed by atoms with Gasteiger partial charge in [-0.05, 0) is 37.8 Å². The summed E-state index contributed by atoms with van der Waals surface area (Å²) in [6, 6.07) is 8.14. The van der Waals surface area contributed by atoms with Gasteiger partial charge in [-0.2, -0.15) is 0 Å². The number of likely N-dealkylation sites (tertiary alicyclic amines) is 1. The Kier molecular flexibility index (Phi) is 5.73. The summed E-state index contributed by atoms with van der Waals surface area (Å²) in [5, 5.41) is 12.3. The van der Waals surface area contributed by atoms with E-state index < -0.39 is 0 Å². The zero-order valence-corrected chi connectivity index (χ0v) is 15.6. The van der Waals surface area contributed by atoms with Crippen molar-refractivity contribution in [2.24, 2.45) is 5.92 Å². The fourth-order valence-electron chi connectivity index (χ4n) is 2.71. The Labute approximate surface area is 150 Å². The van der Waals surface area contributed by atoms with Crippen LogP contribution in [0.3, 0.4) is 0 Å². The van der Waals surface area contributed by atoms with Crippen molar-refractivity contribution < 1.29 is 4.79 Å². The first-order valence-electron chi connectivity index (χ1n) is 8.18. The summed E-state index contributed by atoms with van der Waals surface area (Å²) in [4.78, 5) is 14.3. The third kappa shape index (κ3) is 4.70. The molecule has 1 N–H and O–H groups in total. The maximum Gasteiger partial charge on any atom is 0.233 e. The van der Waals surface area contributed by atoms with Gasteiger partial charge in [-0.1, -0.05) is 47.7 Å². The molecular weight excluding hydrogens is 340 g/mol. The van der Waals surface area contributed by atoms with Gasteiger partial charge in [-0.3, -0.25) is 4.79 Å². The highest BCUT2D eigenvalue weighted by atomic mass is 32.2. The average Bonchev–Trinajstić information content (AvgIpc) is 3.02. The Morgan fingerprint density at radius 3 is 2.92 bits per heavy atom. The summed E-state index contributed by atoms with van der Waals surface area (Å²) in [6.45, 7) is 6.04. The van der Waals surface area contributed by atoms with Gasteiger partial charge < -0.3 is 10.2 Å². The van der Waals surface area contributed by atoms with Crippen molar-refractivity contribution in [1.29, 1.82) is 0 Å². The van der Waals surface area contributed by atoms with Crippen LogP contribution in [0, 0.1) is 12.8 Å². The quantitative estimate of drug-likeness (QED) is 0.817. The van der Waals surface area contributed by atoms with Crippen molar-refractivity contribution in [1.82, 2.24) is 15.1 Å². The average molecular weight is 363 g/mol. The summed E-state index contributed by atoms with van der Waals surface area (Å²) >= 11 is 2.95. The second-order valence-electron chi connectivity index (χ2n) is 6.24. The number of aryl methyl sites for hydroxylation is 1. The standard InChI is InChI=1S/C17H22N4OS2/c1-12-5-7-14(8-6-12)18-16-19-20-17(24-16)23-11-15(22)21-9-3-4-13(2)10-21/h5-8,13H,3-4,9-11H2,1-2H3,(H,18,19). The van der Waals surface area contributed by atoms with Crippen molar-refractivity contribution in [2.75, 3.05) is 24.2 Å². The molecule has 1 aromatic carbocycles. The molecule has 3 rings (SSSR count). The lowest BCUT2D eigenvalue weighted by molar-refractivity contribution is -0.130. The largest absolute Gasteiger partial charge is 0.342 e. The molecule has 5 nitrogen and oxygen atoms in total. The van der Waals surface area contributed by atoms with E-state index in [1.54, 1.807) is 0 Å². The van der Waals surface area contributed by atoms with Gasteiger partial charge in [0.25, 0.3) is 0 Å². The van der Waals surface area contributed by atoms with Gasteiger partial charge in [-0.25, -0.2) is 0 Å². The lowest BCUT2D eigenvalue weighted by atomic mass is 10.0. The molecule has 24 heavy (non-hydrogen) atoms. The van der Waals surface area contributed by atoms with E-state index in [-0.39, 0.29) is 5.91 Å². The van der Waals surface area contributed by atoms with Gasteiger partial charge in [0.15, 0.2) is 4.34 Å². The number of rotatable bonds is 5. The number of carbonyl (C=O) groups is 1. The molecule has 1 fully saturated rings. The first kappa shape index (κ1) is 17.2. The first-order valence-corrected chi connectivity index (χ1v) is 9.98. The molecular formula is C17H22N4OS2. The van der Waals surface area contributed by atoms with Gasteiger partial charge >= 0.3 is 0 Å². The molecule has 128 valence electrons. The number of nitrogens with one attached hydrogen (secondary N) is 1. The molecule has 2 aromatic rings. The minimum Gasteiger partial charge on any atom is -0.342 e. The van der Waals surface area contributed by atoms with Crippen LogP contribution in [0.25, 0.3) is 0 Å². The minimum absolute atomic E-state index is 0.204. The molecule has 1 aromatic heterocycles. The highest BCUT2D eigenvalue weighted by molar-refractivity contribution is 8.01. The van der Waals surface area contributed by atoms with Gasteiger partial charge in [-0.15, -0.1) is 10.2 Å². The molecule has 1 aliphatic rings. The molecule has 1 atom stereocenters. The molecule has 0 aliphatic carbocycles. The lowest BCUT2D eigenvalue weighted by Crippen LogP contribution is -2.40. The zero-order valence-electron chi connectivity index (χ0n) is 14.0. The van der Waals surface area contributed by atoms with Gasteiger partial charge in [0.05, 0.1) is 5.75 Å². The highest BCUT2D eigenvalue weighted by Gasteiger charge is 2.21. The van der Waals surface area contributed by atoms with Crippen molar-refractivity contribution in [3.8, 4) is 0 Å². The van der Waals surface area contributed by atoms with Gasteiger partial charge in [0.2, 0.25) is 11.0 Å². The minimum atomic E-state index is 0.204. The number of anilines is 2. The summed E-state index contributed by atoms with van der Waals surface area (Å²) < 4.78 is 0.822. The molecule has 1 amide bonds. The number of hydrogen-bond acceptors (Lipinski definition) is 6. The number of benzene rings is 1. The van der Waals surface area contributed by atoms with Crippen molar-refractivity contribution in [3.05, 3.63) is 29.8 Å². The molecule has 7 heteroatoms. The van der Waals surface area contributed by atoms with E-state index in [1.165, 1.54) is 35.1 Å². The predicted octanol–water partition coefficient (Wildman–Crippen LogP) is 3.94. The van der Waals surface area contributed by atoms with Crippen LogP contribution in [-0.2, 0) is 4.79 Å². The Morgan fingerprint density at radius 2 is 2.17 bits per heavy atom. The topological polar surface area (TPSA) is 58.1 Å². The van der Waals surface area contributed by atoms with Crippen LogP contribution in [-0.4, -0.2) is 39.8 Å². The zero-order chi connectivity index (χ0) is 16.9. The van der Waals surface area contributed by atoms with Crippen LogP contribution in [0.2, 0.25) is 0 Å². The number of amides is 1. The molecule has 0 radical (unpaired) electrons. The van der Waals surface area contributed by atoms with E-state index in [0.29, 0.717) is 11.7 Å². The van der Waals surface area contributed by atoms with E-state index in [1.807, 2.05) is 17.0 Å². The molecule has 1 saturated heterocycles. The third-order valence-electron chi connectivity index (χ3n) is 4.04. The summed E-state index contributed by atoms with van der Waals surface area (Å²) in [5.41, 5.74) is 2.21. The first-order chi connectivity index (χ1) is 11.6. The molecule has 0 saturated carbocycles. The number of thioether (sulfide) groups is 1. The van der Waals surface area contributed by atoms with Crippen LogP contribution in [0.1, 0.15) is 25.3 Å². The Hall–Kier alpha value is -1.60. The van der Waals surface area contributed by atoms with Crippen molar-refractivity contribution in [2.45, 2.75) is 31.0 Å². The van der Waals surface area contributed by atoms with E-state index in [2.05, 4.69) is 41.5 Å². The fourth-order valence-corrected chi connectivity index (χ4v) is 4.38. The second-order valence-corrected chi connectivity index (χ2v) is 8.44. The number of nitrogens with zero attached hydrogens (tertiary/aromatic N) is 3. The van der Waals surface area contributed by atoms with Crippen LogP contribution in [0.4, 0.5) is 10.8 Å². The summed E-state index contributed by atoms with van der Waals surface area (Å²) in [6.07, 6.45) is 2.34. The Bertz CT molecular complexity index is 686. The van der Waals surface area contributed by atoms with Crippen LogP contribution >= 0.6 is 23.1 Å². The van der Waals surface area contributed by atoms with E-state index in [4.69, 9.17) is 0 Å². The maximum atomic E-state index is 12.3. The highest BCUT2D eigenvalue weighted by Crippen LogP contribution is 2.28. The molecule has 0 spiro atoms. The second kappa shape index (κ2) is 7.98. The lowest BCUT2D eigenvalue weighted by Gasteiger charge is -2.30. The molecule has 2 heterocycles. The summed E-state index contributed by atoms with van der Waals surface area (Å²) in [5.74, 6) is 1.25. The fraction of sp³-hybridized carbons (Fsp3) is 0.471. The van der Waals surface area contributed by atoms with Crippen molar-refractivity contribution >= 4 is 39.8 Å². The third-order valence-corrected chi connectivity index (χ3v) is 5.99. The predicted molar refractivity (Wildman–Crippen MR) is 100 cm³/mol. The smallest absolute Gasteiger partial charge is 0.233 e. The van der Waals surface area contributed by atoms with Gasteiger partial charge in [0, 0.05) is 18.8 Å². The summed E-state index contributed by atoms with van der Waals surface area (Å²) in [7, 11) is 0. The molecule has 0 bridgehead atoms. The monoisotopic (exact) mass is 362 g/mol. The Balaban J connectivity index is 1.50. The maximum absolute atomic E-state index is 12.3. The molecule has 1 unspecified atom stereocenters. The SMILES string of the molecule is Cc1ccc(Nc2nnc(SCC(=O)N3CCCC(C)C3)s2)cc1. The van der Waals surface area contributed by atoms with E-state index in [9.17, 15) is 4.79 Å². The molecule has 1 aliphatic heterocycles.